The normalized spacial score (nSPS) is 16.5. The first kappa shape index (κ1) is 21.4. The third-order valence-electron chi connectivity index (χ3n) is 4.77. The molecule has 0 aliphatic carbocycles. The minimum atomic E-state index is -3.66. The van der Waals surface area contributed by atoms with Crippen LogP contribution in [0.5, 0.6) is 0 Å². The van der Waals surface area contributed by atoms with Gasteiger partial charge in [0.2, 0.25) is 11.8 Å². The van der Waals surface area contributed by atoms with Crippen LogP contribution in [-0.2, 0) is 19.4 Å². The molecule has 2 aromatic rings. The first-order valence-corrected chi connectivity index (χ1v) is 11.9. The van der Waals surface area contributed by atoms with Crippen LogP contribution >= 0.6 is 11.8 Å². The lowest BCUT2D eigenvalue weighted by Crippen LogP contribution is -2.28. The number of amides is 2. The maximum atomic E-state index is 12.8. The van der Waals surface area contributed by atoms with E-state index in [1.807, 2.05) is 38.1 Å². The van der Waals surface area contributed by atoms with Gasteiger partial charge in [0.25, 0.3) is 0 Å². The van der Waals surface area contributed by atoms with Gasteiger partial charge in [-0.1, -0.05) is 24.6 Å². The van der Waals surface area contributed by atoms with Crippen LogP contribution in [0.2, 0.25) is 0 Å². The molecule has 0 saturated heterocycles. The summed E-state index contributed by atoms with van der Waals surface area (Å²) >= 11 is 1.54. The molecule has 0 radical (unpaired) electrons. The molecule has 1 unspecified atom stereocenters. The van der Waals surface area contributed by atoms with E-state index in [0.29, 0.717) is 12.1 Å². The first-order chi connectivity index (χ1) is 13.7. The van der Waals surface area contributed by atoms with Crippen LogP contribution in [0.15, 0.2) is 52.3 Å². The molecule has 6 nitrogen and oxygen atoms in total. The predicted octanol–water partition coefficient (Wildman–Crippen LogP) is 3.64. The third-order valence-corrected chi connectivity index (χ3v) is 7.66. The van der Waals surface area contributed by atoms with Gasteiger partial charge in [-0.3, -0.25) is 9.59 Å². The standard InChI is InChI=1S/C21H24N2O4S2/c1-14-4-6-16(7-5-14)23(3)21(25)10-11-29(26,27)17-8-9-19-18(13-17)22-20(24)12-15(2)28-19/h4-9,13,15H,10-12H2,1-3H3,(H,22,24). The van der Waals surface area contributed by atoms with E-state index in [4.69, 9.17) is 0 Å². The van der Waals surface area contributed by atoms with Crippen molar-refractivity contribution in [3.05, 3.63) is 48.0 Å². The second kappa shape index (κ2) is 8.59. The number of nitrogens with one attached hydrogen (secondary N) is 1. The average Bonchev–Trinajstić information content (AvgIpc) is 2.81. The van der Waals surface area contributed by atoms with E-state index in [2.05, 4.69) is 5.32 Å². The number of carbonyl (C=O) groups is 2. The molecule has 154 valence electrons. The summed E-state index contributed by atoms with van der Waals surface area (Å²) in [4.78, 5) is 26.8. The van der Waals surface area contributed by atoms with Gasteiger partial charge in [-0.15, -0.1) is 11.8 Å². The van der Waals surface area contributed by atoms with Gasteiger partial charge >= 0.3 is 0 Å². The van der Waals surface area contributed by atoms with Crippen LogP contribution in [0.1, 0.15) is 25.3 Å². The average molecular weight is 433 g/mol. The maximum Gasteiger partial charge on any atom is 0.227 e. The van der Waals surface area contributed by atoms with Crippen molar-refractivity contribution in [1.82, 2.24) is 0 Å². The largest absolute Gasteiger partial charge is 0.325 e. The Hall–Kier alpha value is -2.32. The topological polar surface area (TPSA) is 83.6 Å². The molecule has 1 atom stereocenters. The Morgan fingerprint density at radius 3 is 2.59 bits per heavy atom. The molecule has 1 aliphatic heterocycles. The van der Waals surface area contributed by atoms with E-state index in [-0.39, 0.29) is 34.1 Å². The summed E-state index contributed by atoms with van der Waals surface area (Å²) in [5.41, 5.74) is 2.31. The highest BCUT2D eigenvalue weighted by molar-refractivity contribution is 8.00. The Morgan fingerprint density at radius 1 is 1.21 bits per heavy atom. The lowest BCUT2D eigenvalue weighted by atomic mass is 10.2. The molecule has 1 aliphatic rings. The molecule has 2 aromatic carbocycles. The molecule has 29 heavy (non-hydrogen) atoms. The van der Waals surface area contributed by atoms with Gasteiger partial charge < -0.3 is 10.2 Å². The number of thioether (sulfide) groups is 1. The summed E-state index contributed by atoms with van der Waals surface area (Å²) in [6.07, 6.45) is 0.253. The van der Waals surface area contributed by atoms with Gasteiger partial charge in [0.15, 0.2) is 9.84 Å². The Bertz CT molecular complexity index is 1030. The summed E-state index contributed by atoms with van der Waals surface area (Å²) < 4.78 is 25.5. The molecule has 1 N–H and O–H groups in total. The number of fused-ring (bicyclic) bond motifs is 1. The minimum Gasteiger partial charge on any atom is -0.325 e. The zero-order chi connectivity index (χ0) is 21.2. The first-order valence-electron chi connectivity index (χ1n) is 9.32. The molecule has 0 fully saturated rings. The number of carbonyl (C=O) groups excluding carboxylic acids is 2. The Balaban J connectivity index is 1.72. The molecular formula is C21H24N2O4S2. The smallest absolute Gasteiger partial charge is 0.227 e. The lowest BCUT2D eigenvalue weighted by molar-refractivity contribution is -0.118. The fraction of sp³-hybridized carbons (Fsp3) is 0.333. The zero-order valence-corrected chi connectivity index (χ0v) is 18.3. The Morgan fingerprint density at radius 2 is 1.90 bits per heavy atom. The number of hydrogen-bond acceptors (Lipinski definition) is 5. The summed E-state index contributed by atoms with van der Waals surface area (Å²) in [5.74, 6) is -0.698. The Labute approximate surface area is 175 Å². The summed E-state index contributed by atoms with van der Waals surface area (Å²) in [6, 6.07) is 12.2. The number of hydrogen-bond donors (Lipinski definition) is 1. The molecule has 0 saturated carbocycles. The number of sulfone groups is 1. The summed E-state index contributed by atoms with van der Waals surface area (Å²) in [5, 5.41) is 2.89. The third kappa shape index (κ3) is 5.19. The van der Waals surface area contributed by atoms with Crippen molar-refractivity contribution in [2.45, 2.75) is 41.7 Å². The fourth-order valence-electron chi connectivity index (χ4n) is 3.04. The fourth-order valence-corrected chi connectivity index (χ4v) is 5.35. The number of aryl methyl sites for hydroxylation is 1. The van der Waals surface area contributed by atoms with E-state index in [1.54, 1.807) is 19.2 Å². The van der Waals surface area contributed by atoms with Crippen molar-refractivity contribution in [2.24, 2.45) is 0 Å². The van der Waals surface area contributed by atoms with E-state index < -0.39 is 9.84 Å². The second-order valence-electron chi connectivity index (χ2n) is 7.20. The molecule has 8 heteroatoms. The Kier molecular flexibility index (Phi) is 6.33. The van der Waals surface area contributed by atoms with Crippen LogP contribution in [0.3, 0.4) is 0 Å². The van der Waals surface area contributed by atoms with Crippen LogP contribution < -0.4 is 10.2 Å². The van der Waals surface area contributed by atoms with Crippen molar-refractivity contribution in [2.75, 3.05) is 23.0 Å². The van der Waals surface area contributed by atoms with Crippen LogP contribution in [0, 0.1) is 6.92 Å². The van der Waals surface area contributed by atoms with Gasteiger partial charge in [-0.2, -0.15) is 0 Å². The summed E-state index contributed by atoms with van der Waals surface area (Å²) in [7, 11) is -2.03. The van der Waals surface area contributed by atoms with Crippen molar-refractivity contribution >= 4 is 44.8 Å². The van der Waals surface area contributed by atoms with Gasteiger partial charge in [0.1, 0.15) is 0 Å². The molecule has 2 amide bonds. The van der Waals surface area contributed by atoms with Crippen LogP contribution in [-0.4, -0.2) is 38.3 Å². The second-order valence-corrected chi connectivity index (χ2v) is 10.8. The van der Waals surface area contributed by atoms with E-state index in [9.17, 15) is 18.0 Å². The minimum absolute atomic E-state index is 0.109. The summed E-state index contributed by atoms with van der Waals surface area (Å²) in [6.45, 7) is 3.92. The number of benzene rings is 2. The quantitative estimate of drug-likeness (QED) is 0.780. The van der Waals surface area contributed by atoms with Crippen molar-refractivity contribution in [3.8, 4) is 0 Å². The lowest BCUT2D eigenvalue weighted by Gasteiger charge is -2.17. The molecule has 0 spiro atoms. The molecule has 0 bridgehead atoms. The highest BCUT2D eigenvalue weighted by Gasteiger charge is 2.23. The number of rotatable bonds is 5. The van der Waals surface area contributed by atoms with Crippen LogP contribution in [0.25, 0.3) is 0 Å². The van der Waals surface area contributed by atoms with Gasteiger partial charge in [-0.25, -0.2) is 8.42 Å². The van der Waals surface area contributed by atoms with Crippen molar-refractivity contribution < 1.29 is 18.0 Å². The van der Waals surface area contributed by atoms with Crippen molar-refractivity contribution in [1.29, 1.82) is 0 Å². The maximum absolute atomic E-state index is 12.8. The number of nitrogens with zero attached hydrogens (tertiary/aromatic N) is 1. The molecule has 1 heterocycles. The van der Waals surface area contributed by atoms with Gasteiger partial charge in [0, 0.05) is 35.7 Å². The SMILES string of the molecule is Cc1ccc(N(C)C(=O)CCS(=O)(=O)c2ccc3c(c2)NC(=O)CC(C)S3)cc1. The molecular weight excluding hydrogens is 408 g/mol. The van der Waals surface area contributed by atoms with E-state index >= 15 is 0 Å². The van der Waals surface area contributed by atoms with E-state index in [1.165, 1.54) is 22.7 Å². The van der Waals surface area contributed by atoms with Crippen molar-refractivity contribution in [3.63, 3.8) is 0 Å². The van der Waals surface area contributed by atoms with Gasteiger partial charge in [0.05, 0.1) is 16.3 Å². The highest BCUT2D eigenvalue weighted by atomic mass is 32.2. The van der Waals surface area contributed by atoms with Crippen LogP contribution in [0.4, 0.5) is 11.4 Å². The zero-order valence-electron chi connectivity index (χ0n) is 16.6. The molecule has 3 rings (SSSR count). The molecule has 0 aromatic heterocycles. The highest BCUT2D eigenvalue weighted by Crippen LogP contribution is 2.36. The predicted molar refractivity (Wildman–Crippen MR) is 116 cm³/mol. The monoisotopic (exact) mass is 432 g/mol. The number of anilines is 2. The van der Waals surface area contributed by atoms with Gasteiger partial charge in [-0.05, 0) is 37.3 Å². The van der Waals surface area contributed by atoms with E-state index in [0.717, 1.165) is 16.1 Å².